The van der Waals surface area contributed by atoms with Crippen LogP contribution in [-0.4, -0.2) is 16.6 Å². The van der Waals surface area contributed by atoms with Crippen LogP contribution in [0.3, 0.4) is 0 Å². The van der Waals surface area contributed by atoms with Gasteiger partial charge in [-0.05, 0) is 6.42 Å². The molecule has 0 aliphatic heterocycles. The van der Waals surface area contributed by atoms with E-state index in [1.165, 1.54) is 0 Å². The lowest BCUT2D eigenvalue weighted by molar-refractivity contribution is 0.119. The summed E-state index contributed by atoms with van der Waals surface area (Å²) in [5.41, 5.74) is 1.04. The van der Waals surface area contributed by atoms with Gasteiger partial charge in [-0.2, -0.15) is 0 Å². The molecule has 56 valence electrons. The molecule has 1 N–H and O–H groups in total. The van der Waals surface area contributed by atoms with Crippen LogP contribution in [0.4, 0.5) is 0 Å². The van der Waals surface area contributed by atoms with Gasteiger partial charge < -0.3 is 9.72 Å². The minimum Gasteiger partial charge on any atom is -0.375 e. The summed E-state index contributed by atoms with van der Waals surface area (Å²) >= 11 is 0. The van der Waals surface area contributed by atoms with E-state index in [9.17, 15) is 0 Å². The van der Waals surface area contributed by atoms with Gasteiger partial charge in [0.15, 0.2) is 0 Å². The normalized spacial score (nSPS) is 10.1. The van der Waals surface area contributed by atoms with Crippen LogP contribution < -0.4 is 0 Å². The van der Waals surface area contributed by atoms with Gasteiger partial charge in [0, 0.05) is 6.61 Å². The Hall–Kier alpha value is -0.830. The quantitative estimate of drug-likeness (QED) is 0.641. The van der Waals surface area contributed by atoms with Gasteiger partial charge in [-0.15, -0.1) is 0 Å². The third-order valence-electron chi connectivity index (χ3n) is 1.16. The van der Waals surface area contributed by atoms with Crippen molar-refractivity contribution < 1.29 is 4.74 Å². The first-order valence-electron chi connectivity index (χ1n) is 3.48. The van der Waals surface area contributed by atoms with E-state index >= 15 is 0 Å². The number of aromatic nitrogens is 2. The number of nitrogens with one attached hydrogen (secondary N) is 1. The highest BCUT2D eigenvalue weighted by Gasteiger charge is 1.90. The van der Waals surface area contributed by atoms with Crippen molar-refractivity contribution in [2.75, 3.05) is 6.61 Å². The van der Waals surface area contributed by atoms with Crippen molar-refractivity contribution in [3.8, 4) is 0 Å². The SMILES string of the molecule is CCCOCc1cnc[nH]1. The average Bonchev–Trinajstić information content (AvgIpc) is 2.41. The van der Waals surface area contributed by atoms with Gasteiger partial charge in [-0.3, -0.25) is 0 Å². The first-order chi connectivity index (χ1) is 4.93. The smallest absolute Gasteiger partial charge is 0.0922 e. The van der Waals surface area contributed by atoms with Crippen molar-refractivity contribution in [1.29, 1.82) is 0 Å². The predicted octanol–water partition coefficient (Wildman–Crippen LogP) is 1.34. The standard InChI is InChI=1S/C7H12N2O/c1-2-3-10-5-7-4-8-6-9-7/h4,6H,2-3,5H2,1H3,(H,8,9). The number of rotatable bonds is 4. The maximum Gasteiger partial charge on any atom is 0.0922 e. The molecule has 1 aromatic rings. The zero-order valence-electron chi connectivity index (χ0n) is 6.13. The first kappa shape index (κ1) is 7.28. The minimum atomic E-state index is 0.647. The monoisotopic (exact) mass is 140 g/mol. The summed E-state index contributed by atoms with van der Waals surface area (Å²) in [5, 5.41) is 0. The van der Waals surface area contributed by atoms with E-state index in [1.54, 1.807) is 12.5 Å². The van der Waals surface area contributed by atoms with E-state index in [2.05, 4.69) is 16.9 Å². The van der Waals surface area contributed by atoms with Gasteiger partial charge in [0.25, 0.3) is 0 Å². The lowest BCUT2D eigenvalue weighted by Crippen LogP contribution is -1.93. The molecule has 3 nitrogen and oxygen atoms in total. The van der Waals surface area contributed by atoms with Gasteiger partial charge in [-0.25, -0.2) is 4.98 Å². The molecule has 1 rings (SSSR count). The number of imidazole rings is 1. The molecule has 1 heterocycles. The largest absolute Gasteiger partial charge is 0.375 e. The van der Waals surface area contributed by atoms with Crippen molar-refractivity contribution in [2.24, 2.45) is 0 Å². The molecular formula is C7H12N2O. The Balaban J connectivity index is 2.15. The van der Waals surface area contributed by atoms with Crippen molar-refractivity contribution in [3.05, 3.63) is 18.2 Å². The molecule has 10 heavy (non-hydrogen) atoms. The van der Waals surface area contributed by atoms with Crippen molar-refractivity contribution in [2.45, 2.75) is 20.0 Å². The van der Waals surface area contributed by atoms with E-state index in [1.807, 2.05) is 0 Å². The van der Waals surface area contributed by atoms with Gasteiger partial charge in [-0.1, -0.05) is 6.92 Å². The highest BCUT2D eigenvalue weighted by Crippen LogP contribution is 1.93. The van der Waals surface area contributed by atoms with Crippen LogP contribution in [0.1, 0.15) is 19.0 Å². The predicted molar refractivity (Wildman–Crippen MR) is 38.5 cm³/mol. The van der Waals surface area contributed by atoms with Crippen LogP contribution in [0.15, 0.2) is 12.5 Å². The Bertz CT molecular complexity index is 160. The topological polar surface area (TPSA) is 37.9 Å². The Morgan fingerprint density at radius 1 is 1.70 bits per heavy atom. The molecule has 1 aromatic heterocycles. The Morgan fingerprint density at radius 2 is 2.60 bits per heavy atom. The van der Waals surface area contributed by atoms with Gasteiger partial charge in [0.2, 0.25) is 0 Å². The highest BCUT2D eigenvalue weighted by atomic mass is 16.5. The number of ether oxygens (including phenoxy) is 1. The van der Waals surface area contributed by atoms with Crippen LogP contribution in [0, 0.1) is 0 Å². The number of hydrogen-bond donors (Lipinski definition) is 1. The maximum absolute atomic E-state index is 5.26. The summed E-state index contributed by atoms with van der Waals surface area (Å²) in [4.78, 5) is 6.83. The molecule has 3 heteroatoms. The molecule has 0 amide bonds. The second kappa shape index (κ2) is 4.06. The van der Waals surface area contributed by atoms with E-state index in [4.69, 9.17) is 4.74 Å². The average molecular weight is 140 g/mol. The van der Waals surface area contributed by atoms with E-state index in [0.717, 1.165) is 18.7 Å². The number of hydrogen-bond acceptors (Lipinski definition) is 2. The summed E-state index contributed by atoms with van der Waals surface area (Å²) in [6.45, 7) is 3.56. The van der Waals surface area contributed by atoms with Crippen molar-refractivity contribution >= 4 is 0 Å². The zero-order chi connectivity index (χ0) is 7.23. The molecule has 0 atom stereocenters. The summed E-state index contributed by atoms with van der Waals surface area (Å²) in [6.07, 6.45) is 4.49. The third-order valence-corrected chi connectivity index (χ3v) is 1.16. The lowest BCUT2D eigenvalue weighted by atomic mass is 10.5. The van der Waals surface area contributed by atoms with Gasteiger partial charge in [0.05, 0.1) is 24.8 Å². The Morgan fingerprint density at radius 3 is 3.20 bits per heavy atom. The molecule has 0 aliphatic rings. The lowest BCUT2D eigenvalue weighted by Gasteiger charge is -1.97. The van der Waals surface area contributed by atoms with Crippen LogP contribution >= 0.6 is 0 Å². The second-order valence-corrected chi connectivity index (χ2v) is 2.13. The third kappa shape index (κ3) is 2.19. The number of aromatic amines is 1. The molecule has 0 fully saturated rings. The van der Waals surface area contributed by atoms with Crippen molar-refractivity contribution in [3.63, 3.8) is 0 Å². The molecule has 0 aromatic carbocycles. The molecule has 0 aliphatic carbocycles. The number of H-pyrrole nitrogens is 1. The maximum atomic E-state index is 5.26. The Kier molecular flexibility index (Phi) is 2.96. The summed E-state index contributed by atoms with van der Waals surface area (Å²) in [5.74, 6) is 0. The first-order valence-corrected chi connectivity index (χ1v) is 3.48. The second-order valence-electron chi connectivity index (χ2n) is 2.13. The molecule has 0 saturated carbocycles. The van der Waals surface area contributed by atoms with Crippen LogP contribution in [0.2, 0.25) is 0 Å². The fourth-order valence-corrected chi connectivity index (χ4v) is 0.690. The van der Waals surface area contributed by atoms with E-state index in [-0.39, 0.29) is 0 Å². The zero-order valence-corrected chi connectivity index (χ0v) is 6.13. The van der Waals surface area contributed by atoms with Crippen LogP contribution in [-0.2, 0) is 11.3 Å². The van der Waals surface area contributed by atoms with E-state index < -0.39 is 0 Å². The van der Waals surface area contributed by atoms with E-state index in [0.29, 0.717) is 6.61 Å². The molecule has 0 bridgehead atoms. The van der Waals surface area contributed by atoms with Crippen LogP contribution in [0.5, 0.6) is 0 Å². The molecular weight excluding hydrogens is 128 g/mol. The van der Waals surface area contributed by atoms with Crippen LogP contribution in [0.25, 0.3) is 0 Å². The summed E-state index contributed by atoms with van der Waals surface area (Å²) < 4.78 is 5.26. The molecule has 0 unspecified atom stereocenters. The fourth-order valence-electron chi connectivity index (χ4n) is 0.690. The number of nitrogens with zero attached hydrogens (tertiary/aromatic N) is 1. The molecule has 0 saturated heterocycles. The van der Waals surface area contributed by atoms with Crippen molar-refractivity contribution in [1.82, 2.24) is 9.97 Å². The molecule has 0 radical (unpaired) electrons. The summed E-state index contributed by atoms with van der Waals surface area (Å²) in [7, 11) is 0. The Labute approximate surface area is 60.4 Å². The fraction of sp³-hybridized carbons (Fsp3) is 0.571. The minimum absolute atomic E-state index is 0.647. The van der Waals surface area contributed by atoms with Gasteiger partial charge in [0.1, 0.15) is 0 Å². The molecule has 0 spiro atoms. The highest BCUT2D eigenvalue weighted by molar-refractivity contribution is 4.90. The summed E-state index contributed by atoms with van der Waals surface area (Å²) in [6, 6.07) is 0. The van der Waals surface area contributed by atoms with Gasteiger partial charge >= 0.3 is 0 Å².